The van der Waals surface area contributed by atoms with Crippen LogP contribution < -0.4 is 9.47 Å². The molecule has 0 aliphatic carbocycles. The number of benzene rings is 1. The third-order valence-corrected chi connectivity index (χ3v) is 1.97. The van der Waals surface area contributed by atoms with Crippen LogP contribution in [0.5, 0.6) is 11.5 Å². The minimum atomic E-state index is -1.12. The van der Waals surface area contributed by atoms with Crippen LogP contribution in [0, 0.1) is 0 Å². The molecule has 0 aromatic heterocycles. The van der Waals surface area contributed by atoms with E-state index in [0.717, 1.165) is 0 Å². The molecule has 0 heterocycles. The maximum atomic E-state index is 10.8. The van der Waals surface area contributed by atoms with Crippen molar-refractivity contribution in [3.8, 4) is 11.5 Å². The van der Waals surface area contributed by atoms with Gasteiger partial charge in [0.25, 0.3) is 0 Å². The van der Waals surface area contributed by atoms with Crippen LogP contribution in [0.15, 0.2) is 12.1 Å². The van der Waals surface area contributed by atoms with Crippen molar-refractivity contribution in [3.63, 3.8) is 0 Å². The second kappa shape index (κ2) is 5.16. The van der Waals surface area contributed by atoms with E-state index in [1.54, 1.807) is 6.92 Å². The largest absolute Gasteiger partial charge is 0.493 e. The summed E-state index contributed by atoms with van der Waals surface area (Å²) in [6.45, 7) is 2.13. The van der Waals surface area contributed by atoms with Crippen LogP contribution in [0.2, 0.25) is 0 Å². The average Bonchev–Trinajstić information content (AvgIpc) is 2.29. The molecule has 5 heteroatoms. The summed E-state index contributed by atoms with van der Waals surface area (Å²) in [4.78, 5) is 21.6. The number of ether oxygens (including phenoxy) is 2. The Hall–Kier alpha value is -2.04. The molecule has 0 aliphatic rings. The third-order valence-electron chi connectivity index (χ3n) is 1.97. The van der Waals surface area contributed by atoms with E-state index < -0.39 is 5.97 Å². The second-order valence-corrected chi connectivity index (χ2v) is 2.95. The molecular formula is C11H12O5. The molecule has 0 radical (unpaired) electrons. The van der Waals surface area contributed by atoms with Crippen molar-refractivity contribution < 1.29 is 24.2 Å². The van der Waals surface area contributed by atoms with E-state index in [0.29, 0.717) is 12.9 Å². The molecule has 0 spiro atoms. The van der Waals surface area contributed by atoms with E-state index in [-0.39, 0.29) is 22.6 Å². The number of carboxylic acids is 1. The Morgan fingerprint density at radius 1 is 1.50 bits per heavy atom. The molecule has 0 fully saturated rings. The quantitative estimate of drug-likeness (QED) is 0.769. The lowest BCUT2D eigenvalue weighted by atomic mass is 10.1. The molecule has 0 saturated carbocycles. The number of hydrogen-bond donors (Lipinski definition) is 1. The van der Waals surface area contributed by atoms with E-state index in [1.807, 2.05) is 0 Å². The zero-order valence-electron chi connectivity index (χ0n) is 9.02. The molecule has 0 saturated heterocycles. The van der Waals surface area contributed by atoms with Gasteiger partial charge in [0.2, 0.25) is 0 Å². The van der Waals surface area contributed by atoms with Gasteiger partial charge in [-0.15, -0.1) is 0 Å². The molecule has 0 bridgehead atoms. The van der Waals surface area contributed by atoms with Crippen LogP contribution in [0.25, 0.3) is 0 Å². The van der Waals surface area contributed by atoms with Crippen molar-refractivity contribution in [2.75, 3.05) is 13.7 Å². The van der Waals surface area contributed by atoms with Gasteiger partial charge in [0.15, 0.2) is 17.8 Å². The normalized spacial score (nSPS) is 9.62. The zero-order chi connectivity index (χ0) is 12.1. The molecule has 0 aliphatic heterocycles. The molecule has 0 unspecified atom stereocenters. The van der Waals surface area contributed by atoms with E-state index in [2.05, 4.69) is 0 Å². The number of aldehydes is 1. The predicted octanol–water partition coefficient (Wildman–Crippen LogP) is 1.60. The number of aromatic carboxylic acids is 1. The fraction of sp³-hybridized carbons (Fsp3) is 0.273. The van der Waals surface area contributed by atoms with Gasteiger partial charge < -0.3 is 14.6 Å². The van der Waals surface area contributed by atoms with Gasteiger partial charge in [0.05, 0.1) is 24.8 Å². The van der Waals surface area contributed by atoms with Crippen LogP contribution in [-0.2, 0) is 0 Å². The summed E-state index contributed by atoms with van der Waals surface area (Å²) < 4.78 is 10.2. The number of carboxylic acid groups (broad SMARTS) is 1. The minimum Gasteiger partial charge on any atom is -0.493 e. The average molecular weight is 224 g/mol. The van der Waals surface area contributed by atoms with Gasteiger partial charge >= 0.3 is 5.97 Å². The summed E-state index contributed by atoms with van der Waals surface area (Å²) in [5, 5.41) is 8.83. The summed E-state index contributed by atoms with van der Waals surface area (Å²) in [5.41, 5.74) is 0.154. The molecule has 1 rings (SSSR count). The van der Waals surface area contributed by atoms with Gasteiger partial charge in [-0.2, -0.15) is 0 Å². The third kappa shape index (κ3) is 2.31. The Bertz CT molecular complexity index is 411. The van der Waals surface area contributed by atoms with Crippen LogP contribution in [0.1, 0.15) is 27.6 Å². The zero-order valence-corrected chi connectivity index (χ0v) is 9.02. The van der Waals surface area contributed by atoms with Crippen molar-refractivity contribution in [1.82, 2.24) is 0 Å². The molecule has 0 atom stereocenters. The highest BCUT2D eigenvalue weighted by Crippen LogP contribution is 2.31. The van der Waals surface area contributed by atoms with Gasteiger partial charge in [-0.1, -0.05) is 0 Å². The molecule has 0 amide bonds. The molecular weight excluding hydrogens is 212 g/mol. The molecule has 1 N–H and O–H groups in total. The Kier molecular flexibility index (Phi) is 3.88. The highest BCUT2D eigenvalue weighted by Gasteiger charge is 2.15. The predicted molar refractivity (Wildman–Crippen MR) is 56.5 cm³/mol. The number of carbonyl (C=O) groups excluding carboxylic acids is 1. The SMILES string of the molecule is CCOc1c(C=O)cc(C(=O)O)cc1OC. The number of carbonyl (C=O) groups is 2. The summed E-state index contributed by atoms with van der Waals surface area (Å²) in [6, 6.07) is 2.57. The van der Waals surface area contributed by atoms with Gasteiger partial charge in [-0.25, -0.2) is 4.79 Å². The van der Waals surface area contributed by atoms with E-state index >= 15 is 0 Å². The van der Waals surface area contributed by atoms with Crippen molar-refractivity contribution in [3.05, 3.63) is 23.3 Å². The van der Waals surface area contributed by atoms with Gasteiger partial charge in [0.1, 0.15) is 0 Å². The minimum absolute atomic E-state index is 0.0117. The first-order valence-corrected chi connectivity index (χ1v) is 4.67. The Morgan fingerprint density at radius 2 is 2.19 bits per heavy atom. The van der Waals surface area contributed by atoms with E-state index in [9.17, 15) is 9.59 Å². The number of hydrogen-bond acceptors (Lipinski definition) is 4. The standard InChI is InChI=1S/C11H12O5/c1-3-16-10-8(6-12)4-7(11(13)14)5-9(10)15-2/h4-6H,3H2,1-2H3,(H,13,14). The van der Waals surface area contributed by atoms with Crippen LogP contribution in [0.4, 0.5) is 0 Å². The maximum Gasteiger partial charge on any atom is 0.335 e. The van der Waals surface area contributed by atoms with Gasteiger partial charge in [-0.05, 0) is 19.1 Å². The Balaban J connectivity index is 3.36. The second-order valence-electron chi connectivity index (χ2n) is 2.95. The number of methoxy groups -OCH3 is 1. The first-order valence-electron chi connectivity index (χ1n) is 4.67. The first kappa shape index (κ1) is 12.0. The molecule has 1 aromatic rings. The van der Waals surface area contributed by atoms with E-state index in [4.69, 9.17) is 14.6 Å². The maximum absolute atomic E-state index is 10.8. The molecule has 16 heavy (non-hydrogen) atoms. The summed E-state index contributed by atoms with van der Waals surface area (Å²) in [5.74, 6) is -0.613. The van der Waals surface area contributed by atoms with E-state index in [1.165, 1.54) is 19.2 Å². The Labute approximate surface area is 92.6 Å². The monoisotopic (exact) mass is 224 g/mol. The fourth-order valence-electron chi connectivity index (χ4n) is 1.29. The topological polar surface area (TPSA) is 72.8 Å². The fourth-order valence-corrected chi connectivity index (χ4v) is 1.29. The lowest BCUT2D eigenvalue weighted by Gasteiger charge is -2.12. The lowest BCUT2D eigenvalue weighted by Crippen LogP contribution is -2.04. The first-order chi connectivity index (χ1) is 7.63. The lowest BCUT2D eigenvalue weighted by molar-refractivity contribution is 0.0696. The highest BCUT2D eigenvalue weighted by molar-refractivity contribution is 5.92. The van der Waals surface area contributed by atoms with Gasteiger partial charge in [0, 0.05) is 0 Å². The smallest absolute Gasteiger partial charge is 0.335 e. The summed E-state index contributed by atoms with van der Waals surface area (Å²) in [7, 11) is 1.39. The summed E-state index contributed by atoms with van der Waals surface area (Å²) >= 11 is 0. The highest BCUT2D eigenvalue weighted by atomic mass is 16.5. The van der Waals surface area contributed by atoms with Gasteiger partial charge in [-0.3, -0.25) is 4.79 Å². The van der Waals surface area contributed by atoms with Crippen molar-refractivity contribution in [2.45, 2.75) is 6.92 Å². The van der Waals surface area contributed by atoms with Crippen LogP contribution >= 0.6 is 0 Å². The number of rotatable bonds is 5. The molecule has 1 aromatic carbocycles. The van der Waals surface area contributed by atoms with Crippen molar-refractivity contribution in [1.29, 1.82) is 0 Å². The Morgan fingerprint density at radius 3 is 2.62 bits per heavy atom. The summed E-state index contributed by atoms with van der Waals surface area (Å²) in [6.07, 6.45) is 0.542. The molecule has 5 nitrogen and oxygen atoms in total. The molecule has 86 valence electrons. The van der Waals surface area contributed by atoms with Crippen molar-refractivity contribution in [2.24, 2.45) is 0 Å². The van der Waals surface area contributed by atoms with Crippen LogP contribution in [-0.4, -0.2) is 31.1 Å². The van der Waals surface area contributed by atoms with Crippen molar-refractivity contribution >= 4 is 12.3 Å². The van der Waals surface area contributed by atoms with Crippen LogP contribution in [0.3, 0.4) is 0 Å².